The van der Waals surface area contributed by atoms with Gasteiger partial charge < -0.3 is 43.0 Å². The second-order valence-corrected chi connectivity index (χ2v) is 10.3. The molecule has 14 nitrogen and oxygen atoms in total. The molecular weight excluding hydrogens is 596 g/mol. The van der Waals surface area contributed by atoms with E-state index in [-0.39, 0.29) is 23.5 Å². The maximum absolute atomic E-state index is 13.1. The number of hydrogen-bond donors (Lipinski definition) is 1. The van der Waals surface area contributed by atoms with Crippen LogP contribution in [0.25, 0.3) is 0 Å². The van der Waals surface area contributed by atoms with Gasteiger partial charge in [0.2, 0.25) is 12.4 Å². The lowest BCUT2D eigenvalue weighted by Gasteiger charge is -2.43. The van der Waals surface area contributed by atoms with Gasteiger partial charge in [0, 0.05) is 46.6 Å². The quantitative estimate of drug-likeness (QED) is 0.230. The molecule has 0 radical (unpaired) electrons. The summed E-state index contributed by atoms with van der Waals surface area (Å²) in [5.41, 5.74) is 0.664. The Morgan fingerprint density at radius 2 is 1.42 bits per heavy atom. The zero-order chi connectivity index (χ0) is 32.7. The predicted molar refractivity (Wildman–Crippen MR) is 151 cm³/mol. The van der Waals surface area contributed by atoms with Crippen molar-refractivity contribution in [1.29, 1.82) is 0 Å². The Balaban J connectivity index is 1.57. The molecule has 0 bridgehead atoms. The molecule has 1 N–H and O–H groups in total. The zero-order valence-corrected chi connectivity index (χ0v) is 25.1. The number of fused-ring (bicyclic) bond motifs is 1. The van der Waals surface area contributed by atoms with Crippen LogP contribution >= 0.6 is 0 Å². The molecule has 242 valence electrons. The van der Waals surface area contributed by atoms with Crippen LogP contribution in [0, 0.1) is 0 Å². The Hall–Kier alpha value is -4.85. The Morgan fingerprint density at radius 1 is 0.778 bits per heavy atom. The zero-order valence-electron chi connectivity index (χ0n) is 25.1. The third kappa shape index (κ3) is 8.85. The van der Waals surface area contributed by atoms with E-state index in [2.05, 4.69) is 0 Å². The van der Waals surface area contributed by atoms with Crippen LogP contribution in [0.1, 0.15) is 50.0 Å². The van der Waals surface area contributed by atoms with Crippen molar-refractivity contribution < 1.29 is 67.0 Å². The van der Waals surface area contributed by atoms with E-state index in [0.29, 0.717) is 30.3 Å². The van der Waals surface area contributed by atoms with Crippen molar-refractivity contribution in [1.82, 2.24) is 0 Å². The summed E-state index contributed by atoms with van der Waals surface area (Å²) in [6.07, 6.45) is -6.27. The van der Waals surface area contributed by atoms with Crippen molar-refractivity contribution in [3.8, 4) is 23.0 Å². The molecule has 14 heteroatoms. The summed E-state index contributed by atoms with van der Waals surface area (Å²) in [5.74, 6) is -2.71. The maximum atomic E-state index is 13.1. The molecule has 0 aromatic heterocycles. The van der Waals surface area contributed by atoms with Gasteiger partial charge in [-0.05, 0) is 29.8 Å². The normalized spacial score (nSPS) is 22.3. The molecule has 0 saturated carbocycles. The molecular formula is C31H34O14. The van der Waals surface area contributed by atoms with Crippen LogP contribution in [0.3, 0.4) is 0 Å². The summed E-state index contributed by atoms with van der Waals surface area (Å²) in [4.78, 5) is 60.6. The number of benzene rings is 2. The summed E-state index contributed by atoms with van der Waals surface area (Å²) in [5, 5.41) is 10.8. The summed E-state index contributed by atoms with van der Waals surface area (Å²) < 4.78 is 44.3. The van der Waals surface area contributed by atoms with Crippen LogP contribution in [-0.2, 0) is 49.3 Å². The topological polar surface area (TPSA) is 179 Å². The Labute approximate surface area is 258 Å². The highest BCUT2D eigenvalue weighted by atomic mass is 16.7. The molecule has 45 heavy (non-hydrogen) atoms. The van der Waals surface area contributed by atoms with E-state index >= 15 is 0 Å². The Morgan fingerprint density at radius 3 is 2.07 bits per heavy atom. The van der Waals surface area contributed by atoms with Crippen molar-refractivity contribution >= 4 is 29.7 Å². The molecule has 2 aliphatic heterocycles. The van der Waals surface area contributed by atoms with E-state index in [1.165, 1.54) is 12.1 Å². The van der Waals surface area contributed by atoms with E-state index < -0.39 is 66.9 Å². The first kappa shape index (κ1) is 33.1. The smallest absolute Gasteiger partial charge is 0.303 e. The molecule has 1 saturated heterocycles. The van der Waals surface area contributed by atoms with E-state index in [1.54, 1.807) is 18.2 Å². The number of phenols is 1. The van der Waals surface area contributed by atoms with Crippen molar-refractivity contribution in [2.24, 2.45) is 0 Å². The van der Waals surface area contributed by atoms with E-state index in [1.807, 2.05) is 0 Å². The Bertz CT molecular complexity index is 1440. The number of esters is 4. The minimum Gasteiger partial charge on any atom is -0.507 e. The number of ether oxygens (including phenoxy) is 8. The first-order valence-corrected chi connectivity index (χ1v) is 14.1. The monoisotopic (exact) mass is 630 g/mol. The molecule has 5 atom stereocenters. The number of phenolic OH excluding ortho intramolecular Hbond substituents is 1. The molecule has 2 heterocycles. The number of ketones is 1. The van der Waals surface area contributed by atoms with Gasteiger partial charge in [-0.3, -0.25) is 24.0 Å². The third-order valence-corrected chi connectivity index (χ3v) is 6.65. The van der Waals surface area contributed by atoms with Gasteiger partial charge in [0.05, 0.1) is 18.8 Å². The molecule has 2 aromatic carbocycles. The first-order valence-electron chi connectivity index (χ1n) is 14.1. The highest BCUT2D eigenvalue weighted by Crippen LogP contribution is 2.34. The predicted octanol–water partition coefficient (Wildman–Crippen LogP) is 2.44. The summed E-state index contributed by atoms with van der Waals surface area (Å²) in [7, 11) is 0. The van der Waals surface area contributed by atoms with Gasteiger partial charge in [0.15, 0.2) is 29.5 Å². The van der Waals surface area contributed by atoms with Crippen molar-refractivity contribution in [3.63, 3.8) is 0 Å². The number of aromatic hydroxyl groups is 1. The highest BCUT2D eigenvalue weighted by molar-refractivity contribution is 6.00. The number of hydrogen-bond acceptors (Lipinski definition) is 14. The van der Waals surface area contributed by atoms with Crippen molar-refractivity contribution in [2.45, 2.75) is 71.2 Å². The van der Waals surface area contributed by atoms with Gasteiger partial charge in [-0.25, -0.2) is 0 Å². The van der Waals surface area contributed by atoms with Gasteiger partial charge in [0.25, 0.3) is 0 Å². The van der Waals surface area contributed by atoms with E-state index in [9.17, 15) is 29.1 Å². The number of carbonyl (C=O) groups is 5. The summed E-state index contributed by atoms with van der Waals surface area (Å²) in [6, 6.07) is 9.08. The average molecular weight is 631 g/mol. The van der Waals surface area contributed by atoms with Crippen LogP contribution in [0.2, 0.25) is 0 Å². The number of Topliss-reactive ketones (excluding diaryl/α,β-unsaturated/α-hetero) is 1. The summed E-state index contributed by atoms with van der Waals surface area (Å²) in [6.45, 7) is 5.06. The lowest BCUT2D eigenvalue weighted by molar-refractivity contribution is -0.288. The fourth-order valence-electron chi connectivity index (χ4n) is 4.84. The largest absolute Gasteiger partial charge is 0.507 e. The first-order chi connectivity index (χ1) is 21.4. The lowest BCUT2D eigenvalue weighted by Crippen LogP contribution is -2.63. The van der Waals surface area contributed by atoms with Crippen LogP contribution in [-0.4, -0.2) is 85.3 Å². The number of rotatable bonds is 10. The molecule has 4 rings (SSSR count). The van der Waals surface area contributed by atoms with Gasteiger partial charge in [-0.2, -0.15) is 0 Å². The van der Waals surface area contributed by atoms with E-state index in [0.717, 1.165) is 40.2 Å². The van der Waals surface area contributed by atoms with Gasteiger partial charge in [-0.1, -0.05) is 6.07 Å². The molecule has 2 aromatic rings. The average Bonchev–Trinajstić information content (AvgIpc) is 3.19. The number of carbonyl (C=O) groups excluding carboxylic acids is 5. The minimum absolute atomic E-state index is 0.0102. The molecule has 2 aliphatic rings. The SMILES string of the molecule is CC(=O)OCC1OC(Oc2ccc(C(=O)Cc3ccc4c(c3)OCCCO4)c(O)c2)C(OC(C)=O)C(OC(C)=O)C1OC(C)=O. The molecule has 1 fully saturated rings. The van der Waals surface area contributed by atoms with Gasteiger partial charge >= 0.3 is 23.9 Å². The molecule has 5 unspecified atom stereocenters. The fraction of sp³-hybridized carbons (Fsp3) is 0.452. The van der Waals surface area contributed by atoms with Crippen molar-refractivity contribution in [2.75, 3.05) is 19.8 Å². The standard InChI is InChI=1S/C31H34O14/c1-16(32)40-15-27-28(41-17(2)33)29(42-18(3)34)30(43-19(4)35)31(45-27)44-21-7-8-22(24(37)14-21)23(36)12-20-6-9-25-26(13-20)39-11-5-10-38-25/h6-9,13-14,27-31,37H,5,10-12,15H2,1-4H3. The molecule has 0 spiro atoms. The van der Waals surface area contributed by atoms with Gasteiger partial charge in [0.1, 0.15) is 24.2 Å². The van der Waals surface area contributed by atoms with Gasteiger partial charge in [-0.15, -0.1) is 0 Å². The van der Waals surface area contributed by atoms with Crippen LogP contribution in [0.5, 0.6) is 23.0 Å². The van der Waals surface area contributed by atoms with Crippen molar-refractivity contribution in [3.05, 3.63) is 47.5 Å². The molecule has 0 aliphatic carbocycles. The second-order valence-electron chi connectivity index (χ2n) is 10.3. The van der Waals surface area contributed by atoms with Crippen LogP contribution in [0.4, 0.5) is 0 Å². The highest BCUT2D eigenvalue weighted by Gasteiger charge is 2.53. The summed E-state index contributed by atoms with van der Waals surface area (Å²) >= 11 is 0. The third-order valence-electron chi connectivity index (χ3n) is 6.65. The lowest BCUT2D eigenvalue weighted by atomic mass is 9.98. The van der Waals surface area contributed by atoms with E-state index in [4.69, 9.17) is 37.9 Å². The second kappa shape index (κ2) is 14.8. The fourth-order valence-corrected chi connectivity index (χ4v) is 4.84. The van der Waals surface area contributed by atoms with Crippen LogP contribution in [0.15, 0.2) is 36.4 Å². The van der Waals surface area contributed by atoms with Crippen LogP contribution < -0.4 is 14.2 Å². The molecule has 0 amide bonds. The minimum atomic E-state index is -1.51. The maximum Gasteiger partial charge on any atom is 0.303 e. The Kier molecular flexibility index (Phi) is 10.8.